The number of benzene rings is 1. The Labute approximate surface area is 176 Å². The van der Waals surface area contributed by atoms with Gasteiger partial charge < -0.3 is 25.2 Å². The normalized spacial score (nSPS) is 16.7. The first-order valence-electron chi connectivity index (χ1n) is 11.0. The van der Waals surface area contributed by atoms with E-state index in [9.17, 15) is 5.11 Å². The Balaban J connectivity index is 1.97. The van der Waals surface area contributed by atoms with Gasteiger partial charge in [-0.1, -0.05) is 26.0 Å². The number of aliphatic hydroxyl groups is 1. The van der Waals surface area contributed by atoms with Crippen LogP contribution in [0, 0.1) is 12.8 Å². The molecule has 0 radical (unpaired) electrons. The topological polar surface area (TPSA) is 75.1 Å². The number of aryl methyl sites for hydroxylation is 1. The van der Waals surface area contributed by atoms with Crippen LogP contribution in [0.25, 0.3) is 0 Å². The molecule has 1 saturated heterocycles. The smallest absolute Gasteiger partial charge is 0.191 e. The second-order valence-electron chi connectivity index (χ2n) is 8.38. The molecule has 0 unspecified atom stereocenters. The van der Waals surface area contributed by atoms with Crippen LogP contribution in [-0.2, 0) is 11.3 Å². The fraction of sp³-hybridized carbons (Fsp3) is 0.696. The van der Waals surface area contributed by atoms with Crippen LogP contribution in [0.2, 0.25) is 0 Å². The molecule has 1 fully saturated rings. The lowest BCUT2D eigenvalue weighted by molar-refractivity contribution is -0.0594. The molecule has 1 aromatic rings. The molecule has 1 heterocycles. The third-order valence-corrected chi connectivity index (χ3v) is 5.17. The molecule has 6 nitrogen and oxygen atoms in total. The largest absolute Gasteiger partial charge is 0.493 e. The summed E-state index contributed by atoms with van der Waals surface area (Å²) in [4.78, 5) is 4.72. The Bertz CT molecular complexity index is 640. The summed E-state index contributed by atoms with van der Waals surface area (Å²) in [7, 11) is 0. The molecule has 0 spiro atoms. The maximum Gasteiger partial charge on any atom is 0.191 e. The summed E-state index contributed by atoms with van der Waals surface area (Å²) in [5.41, 5.74) is 1.52. The summed E-state index contributed by atoms with van der Waals surface area (Å²) in [6.45, 7) is 12.3. The molecule has 0 saturated carbocycles. The molecular weight excluding hydrogens is 366 g/mol. The van der Waals surface area contributed by atoms with Crippen molar-refractivity contribution in [2.24, 2.45) is 10.9 Å². The molecule has 1 aliphatic heterocycles. The van der Waals surface area contributed by atoms with E-state index < -0.39 is 5.60 Å². The van der Waals surface area contributed by atoms with Crippen molar-refractivity contribution in [1.29, 1.82) is 0 Å². The summed E-state index contributed by atoms with van der Waals surface area (Å²) >= 11 is 0. The number of rotatable bonds is 10. The van der Waals surface area contributed by atoms with Crippen LogP contribution in [0.5, 0.6) is 5.75 Å². The van der Waals surface area contributed by atoms with Gasteiger partial charge in [-0.05, 0) is 44.2 Å². The number of guanidine groups is 1. The zero-order valence-electron chi connectivity index (χ0n) is 18.6. The fourth-order valence-corrected chi connectivity index (χ4v) is 3.28. The zero-order valence-corrected chi connectivity index (χ0v) is 18.6. The Kier molecular flexibility index (Phi) is 9.74. The van der Waals surface area contributed by atoms with Crippen LogP contribution in [0.1, 0.15) is 57.6 Å². The van der Waals surface area contributed by atoms with E-state index >= 15 is 0 Å². The van der Waals surface area contributed by atoms with Crippen molar-refractivity contribution in [1.82, 2.24) is 10.6 Å². The molecule has 6 heteroatoms. The molecule has 29 heavy (non-hydrogen) atoms. The quantitative estimate of drug-likeness (QED) is 0.316. The minimum atomic E-state index is -0.733. The highest BCUT2D eigenvalue weighted by Gasteiger charge is 2.29. The first-order valence-corrected chi connectivity index (χ1v) is 11.0. The third-order valence-electron chi connectivity index (χ3n) is 5.17. The highest BCUT2D eigenvalue weighted by Crippen LogP contribution is 2.22. The zero-order chi connectivity index (χ0) is 21.1. The van der Waals surface area contributed by atoms with Gasteiger partial charge in [0.25, 0.3) is 0 Å². The van der Waals surface area contributed by atoms with Gasteiger partial charge in [0.1, 0.15) is 5.75 Å². The van der Waals surface area contributed by atoms with Crippen LogP contribution in [0.15, 0.2) is 23.2 Å². The molecule has 1 aromatic carbocycles. The molecule has 2 rings (SSSR count). The van der Waals surface area contributed by atoms with Gasteiger partial charge in [-0.2, -0.15) is 0 Å². The van der Waals surface area contributed by atoms with Gasteiger partial charge >= 0.3 is 0 Å². The van der Waals surface area contributed by atoms with Crippen LogP contribution in [0.3, 0.4) is 0 Å². The second kappa shape index (κ2) is 12.0. The Morgan fingerprint density at radius 3 is 2.72 bits per heavy atom. The number of aliphatic imine (C=N–C) groups is 1. The van der Waals surface area contributed by atoms with Crippen molar-refractivity contribution < 1.29 is 14.6 Å². The molecule has 1 aliphatic rings. The maximum atomic E-state index is 10.7. The molecule has 0 bridgehead atoms. The minimum Gasteiger partial charge on any atom is -0.493 e. The predicted octanol–water partition coefficient (Wildman–Crippen LogP) is 3.41. The van der Waals surface area contributed by atoms with Crippen molar-refractivity contribution in [2.75, 3.05) is 32.9 Å². The van der Waals surface area contributed by atoms with Gasteiger partial charge in [-0.15, -0.1) is 0 Å². The first kappa shape index (κ1) is 23.5. The number of hydrogen-bond donors (Lipinski definition) is 3. The maximum absolute atomic E-state index is 10.7. The van der Waals surface area contributed by atoms with E-state index in [0.29, 0.717) is 51.0 Å². The van der Waals surface area contributed by atoms with Crippen LogP contribution < -0.4 is 15.4 Å². The molecule has 0 atom stereocenters. The standard InChI is InChI=1S/C23H39N3O3/c1-5-24-22(26-17-23(27)10-13-28-14-11-23)25-16-20-9-8-19(4)15-21(20)29-12-6-7-18(2)3/h8-9,15,18,27H,5-7,10-14,16-17H2,1-4H3,(H2,24,25,26). The first-order chi connectivity index (χ1) is 13.9. The predicted molar refractivity (Wildman–Crippen MR) is 119 cm³/mol. The van der Waals surface area contributed by atoms with Crippen LogP contribution in [-0.4, -0.2) is 49.6 Å². The van der Waals surface area contributed by atoms with Crippen molar-refractivity contribution in [3.8, 4) is 5.75 Å². The molecule has 0 aliphatic carbocycles. The molecule has 0 aromatic heterocycles. The van der Waals surface area contributed by atoms with Crippen molar-refractivity contribution in [3.05, 3.63) is 29.3 Å². The van der Waals surface area contributed by atoms with E-state index in [1.165, 1.54) is 12.0 Å². The van der Waals surface area contributed by atoms with Crippen molar-refractivity contribution in [2.45, 2.75) is 65.5 Å². The third kappa shape index (κ3) is 8.62. The summed E-state index contributed by atoms with van der Waals surface area (Å²) < 4.78 is 11.4. The SMILES string of the molecule is CCNC(=NCc1ccc(C)cc1OCCCC(C)C)NCC1(O)CCOCC1. The molecular formula is C23H39N3O3. The van der Waals surface area contributed by atoms with Gasteiger partial charge in [0.05, 0.1) is 18.8 Å². The summed E-state index contributed by atoms with van der Waals surface area (Å²) in [5, 5.41) is 17.2. The highest BCUT2D eigenvalue weighted by molar-refractivity contribution is 5.79. The van der Waals surface area contributed by atoms with Crippen LogP contribution >= 0.6 is 0 Å². The number of hydrogen-bond acceptors (Lipinski definition) is 4. The van der Waals surface area contributed by atoms with E-state index in [4.69, 9.17) is 14.5 Å². The lowest BCUT2D eigenvalue weighted by Gasteiger charge is -2.32. The number of ether oxygens (including phenoxy) is 2. The fourth-order valence-electron chi connectivity index (χ4n) is 3.28. The van der Waals surface area contributed by atoms with E-state index in [1.54, 1.807) is 0 Å². The summed E-state index contributed by atoms with van der Waals surface area (Å²) in [6.07, 6.45) is 3.51. The number of nitrogens with zero attached hydrogens (tertiary/aromatic N) is 1. The average molecular weight is 406 g/mol. The highest BCUT2D eigenvalue weighted by atomic mass is 16.5. The van der Waals surface area contributed by atoms with Crippen molar-refractivity contribution in [3.63, 3.8) is 0 Å². The Morgan fingerprint density at radius 1 is 1.28 bits per heavy atom. The molecule has 164 valence electrons. The van der Waals surface area contributed by atoms with E-state index in [0.717, 1.165) is 30.9 Å². The lowest BCUT2D eigenvalue weighted by atomic mass is 9.94. The van der Waals surface area contributed by atoms with Gasteiger partial charge in [0.2, 0.25) is 0 Å². The van der Waals surface area contributed by atoms with Crippen molar-refractivity contribution >= 4 is 5.96 Å². The summed E-state index contributed by atoms with van der Waals surface area (Å²) in [6, 6.07) is 6.27. The minimum absolute atomic E-state index is 0.467. The Morgan fingerprint density at radius 2 is 2.03 bits per heavy atom. The van der Waals surface area contributed by atoms with Gasteiger partial charge in [-0.3, -0.25) is 0 Å². The average Bonchev–Trinajstić information content (AvgIpc) is 2.69. The van der Waals surface area contributed by atoms with E-state index in [1.807, 2.05) is 6.92 Å². The molecule has 3 N–H and O–H groups in total. The second-order valence-corrected chi connectivity index (χ2v) is 8.38. The lowest BCUT2D eigenvalue weighted by Crippen LogP contribution is -2.49. The summed E-state index contributed by atoms with van der Waals surface area (Å²) in [5.74, 6) is 2.31. The van der Waals surface area contributed by atoms with E-state index in [-0.39, 0.29) is 0 Å². The van der Waals surface area contributed by atoms with Gasteiger partial charge in [0, 0.05) is 44.7 Å². The molecule has 0 amide bonds. The van der Waals surface area contributed by atoms with Gasteiger partial charge in [-0.25, -0.2) is 4.99 Å². The monoisotopic (exact) mass is 405 g/mol. The van der Waals surface area contributed by atoms with E-state index in [2.05, 4.69) is 49.6 Å². The number of nitrogens with one attached hydrogen (secondary N) is 2. The van der Waals surface area contributed by atoms with Gasteiger partial charge in [0.15, 0.2) is 5.96 Å². The Hall–Kier alpha value is -1.79. The van der Waals surface area contributed by atoms with Crippen LogP contribution in [0.4, 0.5) is 0 Å².